The van der Waals surface area contributed by atoms with E-state index in [0.717, 1.165) is 52.9 Å². The zero-order chi connectivity index (χ0) is 38.4. The van der Waals surface area contributed by atoms with Crippen molar-refractivity contribution in [3.05, 3.63) is 120 Å². The largest absolute Gasteiger partial charge is 0.256 e. The molecular formula is C46H51N5O2S. The first-order valence-corrected chi connectivity index (χ1v) is 20.9. The maximum Gasteiger partial charge on any atom is 0.212 e. The molecule has 9 atom stereocenters. The van der Waals surface area contributed by atoms with Crippen LogP contribution in [-0.2, 0) is 10.0 Å². The van der Waals surface area contributed by atoms with Crippen molar-refractivity contribution in [3.8, 4) is 34.4 Å². The Hall–Kier alpha value is -4.89. The van der Waals surface area contributed by atoms with Crippen LogP contribution in [0.3, 0.4) is 0 Å². The van der Waals surface area contributed by atoms with E-state index in [0.29, 0.717) is 34.8 Å². The number of sulfonamides is 1. The fourth-order valence-corrected chi connectivity index (χ4v) is 10.5. The molecule has 54 heavy (non-hydrogen) atoms. The average Bonchev–Trinajstić information content (AvgIpc) is 3.18. The second-order valence-electron chi connectivity index (χ2n) is 15.7. The van der Waals surface area contributed by atoms with Crippen LogP contribution in [0, 0.1) is 70.0 Å². The van der Waals surface area contributed by atoms with Crippen LogP contribution in [0.5, 0.6) is 0 Å². The van der Waals surface area contributed by atoms with Crippen molar-refractivity contribution in [2.45, 2.75) is 59.9 Å². The van der Waals surface area contributed by atoms with Crippen LogP contribution in [0.25, 0.3) is 34.4 Å². The second kappa shape index (κ2) is 17.1. The van der Waals surface area contributed by atoms with Gasteiger partial charge in [0.2, 0.25) is 10.0 Å². The highest BCUT2D eigenvalue weighted by atomic mass is 32.2. The van der Waals surface area contributed by atoms with Crippen molar-refractivity contribution < 1.29 is 8.42 Å². The molecule has 2 aliphatic carbocycles. The molecule has 8 heteroatoms. The third-order valence-corrected chi connectivity index (χ3v) is 14.0. The van der Waals surface area contributed by atoms with Crippen molar-refractivity contribution in [3.63, 3.8) is 0 Å². The van der Waals surface area contributed by atoms with Crippen LogP contribution in [0.2, 0.25) is 0 Å². The summed E-state index contributed by atoms with van der Waals surface area (Å²) in [4.78, 5) is 9.35. The van der Waals surface area contributed by atoms with E-state index in [4.69, 9.17) is 0 Å². The number of benzene rings is 2. The fourth-order valence-electron chi connectivity index (χ4n) is 8.70. The molecule has 0 spiro atoms. The van der Waals surface area contributed by atoms with Crippen LogP contribution in [0.1, 0.15) is 76.4 Å². The molecule has 6 rings (SSSR count). The second-order valence-corrected chi connectivity index (χ2v) is 17.5. The van der Waals surface area contributed by atoms with Gasteiger partial charge in [-0.15, -0.1) is 0 Å². The minimum atomic E-state index is -3.57. The number of allylic oxidation sites excluding steroid dienone is 2. The average molecular weight is 738 g/mol. The molecule has 4 aromatic rings. The van der Waals surface area contributed by atoms with Gasteiger partial charge >= 0.3 is 0 Å². The molecule has 7 nitrogen and oxygen atoms in total. The highest BCUT2D eigenvalue weighted by Gasteiger charge is 2.41. The van der Waals surface area contributed by atoms with Gasteiger partial charge < -0.3 is 0 Å². The van der Waals surface area contributed by atoms with Crippen LogP contribution in [0.4, 0.5) is 0 Å². The number of aromatic nitrogens is 2. The normalized spacial score (nSPS) is 27.4. The van der Waals surface area contributed by atoms with Gasteiger partial charge in [-0.3, -0.25) is 9.97 Å². The number of rotatable bonds is 10. The van der Waals surface area contributed by atoms with Crippen molar-refractivity contribution >= 4 is 22.2 Å². The molecule has 2 aromatic heterocycles. The zero-order valence-corrected chi connectivity index (χ0v) is 32.7. The molecule has 0 radical (unpaired) electrons. The van der Waals surface area contributed by atoms with Crippen molar-refractivity contribution in [2.75, 3.05) is 5.75 Å². The quantitative estimate of drug-likeness (QED) is 0.173. The van der Waals surface area contributed by atoms with E-state index in [9.17, 15) is 18.9 Å². The SMILES string of the molecule is CC1C(NS(=O)(=O)C[C@H]2CC[C@H](C)[C@@H](C)[C@@H]2/C=C/c2ccc(-c3ccccc3C#N)cn2)C[C@H](C)[C@@H](C)[C@@H]1/C=C/c1ccc(-c2ccccc2C#N)cn1. The predicted molar refractivity (Wildman–Crippen MR) is 218 cm³/mol. The minimum absolute atomic E-state index is 0.00633. The number of nitriles is 2. The summed E-state index contributed by atoms with van der Waals surface area (Å²) >= 11 is 0. The van der Waals surface area contributed by atoms with Gasteiger partial charge in [-0.2, -0.15) is 10.5 Å². The Labute approximate surface area is 322 Å². The number of pyridine rings is 2. The molecule has 278 valence electrons. The topological polar surface area (TPSA) is 120 Å². The predicted octanol–water partition coefficient (Wildman–Crippen LogP) is 9.80. The Morgan fingerprint density at radius 2 is 1.20 bits per heavy atom. The first-order chi connectivity index (χ1) is 26.0. The molecule has 2 aliphatic rings. The van der Waals surface area contributed by atoms with Crippen LogP contribution < -0.4 is 4.72 Å². The molecule has 2 aromatic carbocycles. The standard InChI is InChI=1S/C46H51N5O2S/c1-30-14-15-39(43(32(30)3)23-21-41-19-17-38(28-50-41)45-13-9-7-11-36(45)26-48)29-54(52,53)51-46-24-31(2)33(4)42(34(46)5)22-20-40-18-16-37(27-49-40)44-12-8-6-10-35(44)25-47/h6-13,16-23,27-28,30-34,39,42-43,46,51H,14-15,24,29H2,1-5H3/b22-20+,23-21+/t30-,31-,32+,33+,34?,39+,42-,43-,46?/m0/s1. The summed E-state index contributed by atoms with van der Waals surface area (Å²) in [6.45, 7) is 11.2. The molecule has 0 amide bonds. The summed E-state index contributed by atoms with van der Waals surface area (Å²) < 4.78 is 31.2. The van der Waals surface area contributed by atoms with Crippen molar-refractivity contribution in [2.24, 2.45) is 47.3 Å². The maximum absolute atomic E-state index is 14.0. The molecule has 1 N–H and O–H groups in total. The summed E-state index contributed by atoms with van der Waals surface area (Å²) in [5.74, 6) is 2.08. The van der Waals surface area contributed by atoms with Gasteiger partial charge in [-0.1, -0.05) is 102 Å². The number of nitrogens with zero attached hydrogens (tertiary/aromatic N) is 4. The lowest BCUT2D eigenvalue weighted by Gasteiger charge is -2.43. The summed E-state index contributed by atoms with van der Waals surface area (Å²) in [7, 11) is -3.57. The highest BCUT2D eigenvalue weighted by Crippen LogP contribution is 2.42. The lowest BCUT2D eigenvalue weighted by molar-refractivity contribution is 0.127. The van der Waals surface area contributed by atoms with Gasteiger partial charge in [0.15, 0.2) is 0 Å². The third kappa shape index (κ3) is 8.90. The van der Waals surface area contributed by atoms with Gasteiger partial charge in [-0.05, 0) is 96.6 Å². The van der Waals surface area contributed by atoms with E-state index >= 15 is 0 Å². The molecule has 0 bridgehead atoms. The summed E-state index contributed by atoms with van der Waals surface area (Å²) in [6.07, 6.45) is 14.8. The van der Waals surface area contributed by atoms with Crippen molar-refractivity contribution in [1.29, 1.82) is 10.5 Å². The van der Waals surface area contributed by atoms with E-state index in [-0.39, 0.29) is 35.5 Å². The number of hydrogen-bond acceptors (Lipinski definition) is 6. The zero-order valence-electron chi connectivity index (χ0n) is 31.9. The molecule has 0 saturated heterocycles. The Balaban J connectivity index is 1.13. The van der Waals surface area contributed by atoms with Crippen LogP contribution in [0.15, 0.2) is 97.3 Å². The van der Waals surface area contributed by atoms with E-state index in [1.165, 1.54) is 0 Å². The van der Waals surface area contributed by atoms with Gasteiger partial charge in [0.05, 0.1) is 40.4 Å². The number of hydrogen-bond donors (Lipinski definition) is 1. The highest BCUT2D eigenvalue weighted by molar-refractivity contribution is 7.89. The first-order valence-electron chi connectivity index (χ1n) is 19.3. The molecule has 2 saturated carbocycles. The van der Waals surface area contributed by atoms with Gasteiger partial charge in [0.1, 0.15) is 0 Å². The Bertz CT molecular complexity index is 2160. The lowest BCUT2D eigenvalue weighted by atomic mass is 9.66. The smallest absolute Gasteiger partial charge is 0.212 e. The number of nitrogens with one attached hydrogen (secondary N) is 1. The summed E-state index contributed by atoms with van der Waals surface area (Å²) in [6, 6.07) is 27.3. The van der Waals surface area contributed by atoms with E-state index in [1.807, 2.05) is 85.1 Å². The van der Waals surface area contributed by atoms with E-state index < -0.39 is 10.0 Å². The van der Waals surface area contributed by atoms with Gasteiger partial charge in [-0.25, -0.2) is 13.1 Å². The monoisotopic (exact) mass is 737 g/mol. The maximum atomic E-state index is 14.0. The van der Waals surface area contributed by atoms with Gasteiger partial charge in [0.25, 0.3) is 0 Å². The lowest BCUT2D eigenvalue weighted by Crippen LogP contribution is -2.50. The molecule has 2 heterocycles. The van der Waals surface area contributed by atoms with Crippen molar-refractivity contribution in [1.82, 2.24) is 14.7 Å². The first kappa shape index (κ1) is 38.8. The molecule has 0 aliphatic heterocycles. The Kier molecular flexibility index (Phi) is 12.3. The Morgan fingerprint density at radius 3 is 1.72 bits per heavy atom. The van der Waals surface area contributed by atoms with E-state index in [1.54, 1.807) is 6.20 Å². The summed E-state index contributed by atoms with van der Waals surface area (Å²) in [5.41, 5.74) is 6.39. The molecule has 2 fully saturated rings. The molecular weight excluding hydrogens is 687 g/mol. The fraction of sp³-hybridized carbons (Fsp3) is 0.391. The van der Waals surface area contributed by atoms with E-state index in [2.05, 4.69) is 79.7 Å². The van der Waals surface area contributed by atoms with Gasteiger partial charge in [0, 0.05) is 40.7 Å². The summed E-state index contributed by atoms with van der Waals surface area (Å²) in [5, 5.41) is 19.0. The molecule has 2 unspecified atom stereocenters. The van der Waals surface area contributed by atoms with Crippen LogP contribution in [-0.4, -0.2) is 30.2 Å². The van der Waals surface area contributed by atoms with Crippen LogP contribution >= 0.6 is 0 Å². The third-order valence-electron chi connectivity index (χ3n) is 12.4. The minimum Gasteiger partial charge on any atom is -0.256 e. The Morgan fingerprint density at radius 1 is 0.685 bits per heavy atom.